The maximum Gasteiger partial charge on any atom is 0.350 e. The lowest BCUT2D eigenvalue weighted by molar-refractivity contribution is 0.274. The minimum Gasteiger partial charge on any atom is -0.497 e. The van der Waals surface area contributed by atoms with Crippen LogP contribution in [0.2, 0.25) is 0 Å². The van der Waals surface area contributed by atoms with Crippen molar-refractivity contribution in [3.05, 3.63) is 24.3 Å². The fraction of sp³-hybridized carbons (Fsp3) is 0.143. The highest BCUT2D eigenvalue weighted by Gasteiger charge is 2.17. The molecule has 1 aromatic carbocycles. The summed E-state index contributed by atoms with van der Waals surface area (Å²) >= 11 is 0. The largest absolute Gasteiger partial charge is 0.497 e. The molecule has 10 heteroatoms. The molecule has 1 rings (SSSR count). The highest BCUT2D eigenvalue weighted by atomic mass is 32.2. The molecule has 0 saturated heterocycles. The van der Waals surface area contributed by atoms with Gasteiger partial charge in [0.15, 0.2) is 0 Å². The Hall–Kier alpha value is -1.20. The van der Waals surface area contributed by atoms with E-state index in [1.807, 2.05) is 0 Å². The first kappa shape index (κ1) is 13.9. The molecule has 0 fully saturated rings. The van der Waals surface area contributed by atoms with E-state index < -0.39 is 20.3 Å². The standard InChI is InChI=1S/C7H10N2O6S2/c1-14-6-2-4-7(5-3-6)16(10,11)9-15-17(8,12)13/h2-5,9H,1H3,(H2,8,12,13). The van der Waals surface area contributed by atoms with Gasteiger partial charge >= 0.3 is 10.3 Å². The summed E-state index contributed by atoms with van der Waals surface area (Å²) in [7, 11) is -7.08. The lowest BCUT2D eigenvalue weighted by Gasteiger charge is -2.05. The average molecular weight is 282 g/mol. The monoisotopic (exact) mass is 282 g/mol. The molecule has 0 aliphatic heterocycles. The average Bonchev–Trinajstić information content (AvgIpc) is 2.26. The van der Waals surface area contributed by atoms with Crippen LogP contribution in [0.4, 0.5) is 0 Å². The molecular weight excluding hydrogens is 272 g/mol. The first-order valence-electron chi connectivity index (χ1n) is 4.12. The van der Waals surface area contributed by atoms with Crippen molar-refractivity contribution in [2.75, 3.05) is 7.11 Å². The molecule has 96 valence electrons. The Morgan fingerprint density at radius 1 is 1.12 bits per heavy atom. The predicted octanol–water partition coefficient (Wildman–Crippen LogP) is -0.891. The van der Waals surface area contributed by atoms with Crippen molar-refractivity contribution in [1.29, 1.82) is 0 Å². The quantitative estimate of drug-likeness (QED) is 0.675. The fourth-order valence-electron chi connectivity index (χ4n) is 0.895. The highest BCUT2D eigenvalue weighted by Crippen LogP contribution is 2.15. The Labute approximate surface area is 98.6 Å². The zero-order chi connectivity index (χ0) is 13.1. The van der Waals surface area contributed by atoms with E-state index in [1.165, 1.54) is 36.3 Å². The number of benzene rings is 1. The van der Waals surface area contributed by atoms with Gasteiger partial charge in [0.25, 0.3) is 10.0 Å². The van der Waals surface area contributed by atoms with Crippen LogP contribution in [0.25, 0.3) is 0 Å². The first-order valence-corrected chi connectivity index (χ1v) is 7.07. The minimum atomic E-state index is -4.39. The van der Waals surface area contributed by atoms with E-state index in [4.69, 9.17) is 4.74 Å². The summed E-state index contributed by atoms with van der Waals surface area (Å²) in [6.07, 6.45) is 0. The van der Waals surface area contributed by atoms with E-state index in [0.29, 0.717) is 5.75 Å². The van der Waals surface area contributed by atoms with E-state index in [9.17, 15) is 16.8 Å². The predicted molar refractivity (Wildman–Crippen MR) is 57.5 cm³/mol. The molecule has 0 radical (unpaired) electrons. The Kier molecular flexibility index (Phi) is 4.06. The molecule has 0 unspecified atom stereocenters. The second kappa shape index (κ2) is 4.98. The van der Waals surface area contributed by atoms with Crippen LogP contribution in [0.15, 0.2) is 29.2 Å². The van der Waals surface area contributed by atoms with E-state index >= 15 is 0 Å². The summed E-state index contributed by atoms with van der Waals surface area (Å²) < 4.78 is 52.4. The van der Waals surface area contributed by atoms with Crippen molar-refractivity contribution < 1.29 is 25.9 Å². The molecule has 0 heterocycles. The van der Waals surface area contributed by atoms with Gasteiger partial charge in [-0.25, -0.2) is 13.6 Å². The molecule has 0 aliphatic carbocycles. The van der Waals surface area contributed by atoms with Crippen molar-refractivity contribution in [3.8, 4) is 5.75 Å². The van der Waals surface area contributed by atoms with Gasteiger partial charge in [-0.15, -0.1) is 0 Å². The number of nitrogens with two attached hydrogens (primary N) is 1. The van der Waals surface area contributed by atoms with Crippen molar-refractivity contribution >= 4 is 20.3 Å². The Morgan fingerprint density at radius 3 is 2.06 bits per heavy atom. The smallest absolute Gasteiger partial charge is 0.350 e. The normalized spacial score (nSPS) is 12.4. The van der Waals surface area contributed by atoms with E-state index in [0.717, 1.165) is 0 Å². The number of sulfonamides is 1. The maximum atomic E-state index is 11.5. The number of hydrogen-bond donors (Lipinski definition) is 2. The van der Waals surface area contributed by atoms with Gasteiger partial charge in [-0.3, -0.25) is 0 Å². The Bertz CT molecular complexity index is 577. The summed E-state index contributed by atoms with van der Waals surface area (Å²) in [6, 6.07) is 5.22. The molecule has 0 saturated carbocycles. The number of nitrogens with one attached hydrogen (secondary N) is 1. The molecule has 0 bridgehead atoms. The third kappa shape index (κ3) is 4.28. The zero-order valence-corrected chi connectivity index (χ0v) is 10.3. The van der Waals surface area contributed by atoms with Gasteiger partial charge < -0.3 is 4.74 Å². The van der Waals surface area contributed by atoms with Crippen LogP contribution in [-0.4, -0.2) is 23.9 Å². The molecule has 17 heavy (non-hydrogen) atoms. The lowest BCUT2D eigenvalue weighted by Crippen LogP contribution is -2.30. The molecule has 0 atom stereocenters. The van der Waals surface area contributed by atoms with Crippen molar-refractivity contribution in [3.63, 3.8) is 0 Å². The van der Waals surface area contributed by atoms with Gasteiger partial charge in [0.1, 0.15) is 5.75 Å². The second-order valence-electron chi connectivity index (χ2n) is 2.84. The molecule has 8 nitrogen and oxygen atoms in total. The second-order valence-corrected chi connectivity index (χ2v) is 5.64. The van der Waals surface area contributed by atoms with Crippen molar-refractivity contribution in [2.24, 2.45) is 5.14 Å². The zero-order valence-electron chi connectivity index (χ0n) is 8.65. The molecule has 0 amide bonds. The van der Waals surface area contributed by atoms with Gasteiger partial charge in [-0.05, 0) is 24.3 Å². The summed E-state index contributed by atoms with van der Waals surface area (Å²) in [5, 5.41) is 4.47. The number of methoxy groups -OCH3 is 1. The highest BCUT2D eigenvalue weighted by molar-refractivity contribution is 7.90. The van der Waals surface area contributed by atoms with Crippen LogP contribution in [0, 0.1) is 0 Å². The summed E-state index contributed by atoms with van der Waals surface area (Å²) in [4.78, 5) is 1.18. The molecule has 0 spiro atoms. The van der Waals surface area contributed by atoms with Crippen LogP contribution in [0.5, 0.6) is 5.75 Å². The van der Waals surface area contributed by atoms with Crippen LogP contribution in [0.1, 0.15) is 0 Å². The third-order valence-electron chi connectivity index (χ3n) is 1.63. The third-order valence-corrected chi connectivity index (χ3v) is 3.25. The number of rotatable bonds is 5. The molecule has 0 aromatic heterocycles. The molecule has 3 N–H and O–H groups in total. The van der Waals surface area contributed by atoms with Crippen LogP contribution < -0.4 is 14.8 Å². The lowest BCUT2D eigenvalue weighted by atomic mass is 10.3. The molecule has 0 aliphatic rings. The van der Waals surface area contributed by atoms with E-state index in [2.05, 4.69) is 9.42 Å². The first-order chi connectivity index (χ1) is 7.74. The summed E-state index contributed by atoms with van der Waals surface area (Å²) in [5.41, 5.74) is 0. The Balaban J connectivity index is 2.90. The Morgan fingerprint density at radius 2 is 1.65 bits per heavy atom. The van der Waals surface area contributed by atoms with Gasteiger partial charge in [0.2, 0.25) is 0 Å². The van der Waals surface area contributed by atoms with Crippen molar-refractivity contribution in [2.45, 2.75) is 4.90 Å². The summed E-state index contributed by atoms with van der Waals surface area (Å²) in [5.74, 6) is 0.455. The minimum absolute atomic E-state index is 0.193. The fourth-order valence-corrected chi connectivity index (χ4v) is 2.22. The number of hydrogen-bond acceptors (Lipinski definition) is 6. The van der Waals surface area contributed by atoms with Crippen LogP contribution in [-0.2, 0) is 24.6 Å². The topological polar surface area (TPSA) is 125 Å². The van der Waals surface area contributed by atoms with Gasteiger partial charge in [-0.2, -0.15) is 12.7 Å². The van der Waals surface area contributed by atoms with Crippen LogP contribution in [0.3, 0.4) is 0 Å². The SMILES string of the molecule is COc1ccc(S(=O)(=O)NOS(N)(=O)=O)cc1. The van der Waals surface area contributed by atoms with Gasteiger partial charge in [-0.1, -0.05) is 4.89 Å². The van der Waals surface area contributed by atoms with E-state index in [1.54, 1.807) is 0 Å². The molecular formula is C7H10N2O6S2. The van der Waals surface area contributed by atoms with Gasteiger partial charge in [0, 0.05) is 0 Å². The van der Waals surface area contributed by atoms with E-state index in [-0.39, 0.29) is 4.90 Å². The maximum absolute atomic E-state index is 11.5. The summed E-state index contributed by atoms with van der Waals surface area (Å²) in [6.45, 7) is 0. The molecule has 1 aromatic rings. The van der Waals surface area contributed by atoms with Gasteiger partial charge in [0.05, 0.1) is 12.0 Å². The van der Waals surface area contributed by atoms with Crippen LogP contribution >= 0.6 is 0 Å². The van der Waals surface area contributed by atoms with Crippen molar-refractivity contribution in [1.82, 2.24) is 4.89 Å². The number of ether oxygens (including phenoxy) is 1.